The van der Waals surface area contributed by atoms with Crippen molar-refractivity contribution in [1.82, 2.24) is 0 Å². The Bertz CT molecular complexity index is 1110. The van der Waals surface area contributed by atoms with Gasteiger partial charge < -0.3 is 19.2 Å². The highest BCUT2D eigenvalue weighted by molar-refractivity contribution is 6.30. The van der Waals surface area contributed by atoms with Crippen LogP contribution in [0.15, 0.2) is 72.8 Å². The first-order valence-corrected chi connectivity index (χ1v) is 14.3. The summed E-state index contributed by atoms with van der Waals surface area (Å²) in [5.41, 5.74) is -2.27. The van der Waals surface area contributed by atoms with Crippen LogP contribution in [-0.2, 0) is 10.3 Å². The van der Waals surface area contributed by atoms with Crippen molar-refractivity contribution in [2.75, 3.05) is 26.2 Å². The van der Waals surface area contributed by atoms with Crippen LogP contribution in [0, 0.1) is 17.5 Å². The van der Waals surface area contributed by atoms with Crippen molar-refractivity contribution in [3.63, 3.8) is 0 Å². The fourth-order valence-electron chi connectivity index (χ4n) is 5.50. The van der Waals surface area contributed by atoms with Crippen LogP contribution in [0.5, 0.6) is 0 Å². The second kappa shape index (κ2) is 16.0. The van der Waals surface area contributed by atoms with E-state index in [9.17, 15) is 14.4 Å². The molecule has 0 aliphatic rings. The van der Waals surface area contributed by atoms with Gasteiger partial charge in [-0.05, 0) is 57.9 Å². The molecule has 0 heterocycles. The van der Waals surface area contributed by atoms with E-state index >= 15 is 8.78 Å². The summed E-state index contributed by atoms with van der Waals surface area (Å²) in [6.45, 7) is 16.1. The van der Waals surface area contributed by atoms with Gasteiger partial charge in [0, 0.05) is 17.0 Å². The summed E-state index contributed by atoms with van der Waals surface area (Å²) < 4.78 is 52.1. The van der Waals surface area contributed by atoms with Crippen molar-refractivity contribution in [2.45, 2.75) is 65.4 Å². The normalized spacial score (nSPS) is 12.4. The Labute approximate surface area is 238 Å². The highest BCUT2D eigenvalue weighted by Crippen LogP contribution is 2.50. The van der Waals surface area contributed by atoms with E-state index in [4.69, 9.17) is 4.65 Å². The minimum atomic E-state index is -2.62. The quantitative estimate of drug-likeness (QED) is 0.191. The summed E-state index contributed by atoms with van der Waals surface area (Å²) in [6.07, 6.45) is 1.55. The minimum absolute atomic E-state index is 0.142. The molecule has 1 atom stereocenters. The molecule has 0 aliphatic carbocycles. The first kappa shape index (κ1) is 33.6. The summed E-state index contributed by atoms with van der Waals surface area (Å²) in [4.78, 5) is 0. The number of hydrogen-bond acceptors (Lipinski definition) is 3. The number of nitrogens with zero attached hydrogens (tertiary/aromatic N) is 1. The third-order valence-corrected chi connectivity index (χ3v) is 8.14. The zero-order chi connectivity index (χ0) is 29.8. The molecule has 3 rings (SSSR count). The Hall–Kier alpha value is -2.65. The molecule has 40 heavy (non-hydrogen) atoms. The predicted octanol–water partition coefficient (Wildman–Crippen LogP) is 6.56. The third kappa shape index (κ3) is 7.75. The molecule has 8 heteroatoms. The van der Waals surface area contributed by atoms with Crippen molar-refractivity contribution in [3.05, 3.63) is 107 Å². The van der Waals surface area contributed by atoms with Crippen LogP contribution in [-0.4, -0.2) is 43.0 Å². The molecule has 0 saturated carbocycles. The van der Waals surface area contributed by atoms with Crippen LogP contribution in [0.4, 0.5) is 13.2 Å². The molecule has 0 amide bonds. The van der Waals surface area contributed by atoms with Crippen molar-refractivity contribution in [2.24, 2.45) is 0 Å². The van der Waals surface area contributed by atoms with Crippen LogP contribution in [0.25, 0.3) is 0 Å². The van der Waals surface area contributed by atoms with Gasteiger partial charge in [0.15, 0.2) is 0 Å². The monoisotopic (exact) mass is 557 g/mol. The molecular weight excluding hydrogens is 514 g/mol. The molecule has 218 valence electrons. The number of rotatable bonds is 13. The average Bonchev–Trinajstić information content (AvgIpc) is 2.96. The summed E-state index contributed by atoms with van der Waals surface area (Å²) in [7, 11) is -2.62. The lowest BCUT2D eigenvalue weighted by molar-refractivity contribution is -0.921. The second-order valence-electron chi connectivity index (χ2n) is 9.94. The fraction of sp³-hybridized carbons (Fsp3) is 0.438. The molecule has 4 nitrogen and oxygen atoms in total. The Morgan fingerprint density at radius 1 is 0.750 bits per heavy atom. The highest BCUT2D eigenvalue weighted by atomic mass is 19.1. The maximum Gasteiger partial charge on any atom is 0.343 e. The van der Waals surface area contributed by atoms with E-state index in [1.165, 1.54) is 85.3 Å². The highest BCUT2D eigenvalue weighted by Gasteiger charge is 2.48. The molecule has 0 bridgehead atoms. The number of halogens is 3. The summed E-state index contributed by atoms with van der Waals surface area (Å²) in [6, 6.07) is 16.8. The molecule has 0 aromatic heterocycles. The van der Waals surface area contributed by atoms with Crippen molar-refractivity contribution < 1.29 is 32.4 Å². The SMILES string of the molecule is CCCCC(c1ccccc1F)C(OB([O-])O)(c1ccccc1F)c1ccccc1F.CC[N+](CC)(CC)CC. The Morgan fingerprint density at radius 3 is 1.52 bits per heavy atom. The molecule has 0 spiro atoms. The van der Waals surface area contributed by atoms with Crippen LogP contribution in [0.2, 0.25) is 0 Å². The first-order valence-electron chi connectivity index (χ1n) is 14.3. The minimum Gasteiger partial charge on any atom is -0.832 e. The standard InChI is InChI=1S/C24H23BF3O3.C8H20N/c1-2-3-11-18(17-10-4-7-14-21(17)26)24(31-25(29)30,19-12-5-8-15-22(19)27)20-13-6-9-16-23(20)28;1-5-9(6-2,7-3)8-4/h4-10,12-16,18,29H,2-3,11H2,1H3;5-8H2,1-4H3/q-1;+1. The molecular formula is C32H43BF3NO3. The second-order valence-corrected chi connectivity index (χ2v) is 9.94. The van der Waals surface area contributed by atoms with E-state index in [1.54, 1.807) is 6.07 Å². The molecule has 0 saturated heterocycles. The fourth-order valence-corrected chi connectivity index (χ4v) is 5.50. The topological polar surface area (TPSA) is 52.5 Å². The Balaban J connectivity index is 0.000000536. The van der Waals surface area contributed by atoms with E-state index in [0.717, 1.165) is 18.6 Å². The lowest BCUT2D eigenvalue weighted by Crippen LogP contribution is -2.49. The van der Waals surface area contributed by atoms with E-state index < -0.39 is 36.3 Å². The number of hydrogen-bond donors (Lipinski definition) is 1. The van der Waals surface area contributed by atoms with E-state index in [2.05, 4.69) is 27.7 Å². The van der Waals surface area contributed by atoms with E-state index in [1.807, 2.05) is 6.92 Å². The van der Waals surface area contributed by atoms with Crippen molar-refractivity contribution in [3.8, 4) is 0 Å². The van der Waals surface area contributed by atoms with Gasteiger partial charge in [-0.15, -0.1) is 0 Å². The first-order chi connectivity index (χ1) is 19.2. The van der Waals surface area contributed by atoms with Gasteiger partial charge in [-0.1, -0.05) is 74.4 Å². The lowest BCUT2D eigenvalue weighted by Gasteiger charge is -2.45. The molecule has 0 radical (unpaired) electrons. The van der Waals surface area contributed by atoms with Crippen LogP contribution in [0.3, 0.4) is 0 Å². The zero-order valence-electron chi connectivity index (χ0n) is 24.4. The zero-order valence-corrected chi connectivity index (χ0v) is 24.4. The van der Waals surface area contributed by atoms with Gasteiger partial charge in [0.1, 0.15) is 23.1 Å². The van der Waals surface area contributed by atoms with Gasteiger partial charge >= 0.3 is 7.32 Å². The number of unbranched alkanes of at least 4 members (excludes halogenated alkanes) is 1. The van der Waals surface area contributed by atoms with Crippen LogP contribution >= 0.6 is 0 Å². The van der Waals surface area contributed by atoms with Crippen molar-refractivity contribution >= 4 is 7.32 Å². The Morgan fingerprint density at radius 2 is 1.18 bits per heavy atom. The third-order valence-electron chi connectivity index (χ3n) is 8.14. The maximum atomic E-state index is 15.2. The largest absolute Gasteiger partial charge is 0.832 e. The van der Waals surface area contributed by atoms with Crippen molar-refractivity contribution in [1.29, 1.82) is 0 Å². The Kier molecular flexibility index (Phi) is 13.4. The number of benzene rings is 3. The summed E-state index contributed by atoms with van der Waals surface area (Å²) >= 11 is 0. The molecule has 1 N–H and O–H groups in total. The summed E-state index contributed by atoms with van der Waals surface area (Å²) in [5, 5.41) is 21.8. The van der Waals surface area contributed by atoms with Gasteiger partial charge in [-0.2, -0.15) is 0 Å². The molecule has 3 aromatic rings. The van der Waals surface area contributed by atoms with Gasteiger partial charge in [0.05, 0.1) is 26.2 Å². The lowest BCUT2D eigenvalue weighted by atomic mass is 9.69. The van der Waals surface area contributed by atoms with Gasteiger partial charge in [-0.25, -0.2) is 13.2 Å². The van der Waals surface area contributed by atoms with E-state index in [-0.39, 0.29) is 23.1 Å². The average molecular weight is 558 g/mol. The molecule has 3 aromatic carbocycles. The van der Waals surface area contributed by atoms with Crippen LogP contribution < -0.4 is 5.02 Å². The summed E-state index contributed by atoms with van der Waals surface area (Å²) in [5.74, 6) is -3.11. The van der Waals surface area contributed by atoms with Crippen LogP contribution in [0.1, 0.15) is 76.5 Å². The predicted molar refractivity (Wildman–Crippen MR) is 154 cm³/mol. The smallest absolute Gasteiger partial charge is 0.343 e. The van der Waals surface area contributed by atoms with Gasteiger partial charge in [0.2, 0.25) is 0 Å². The number of quaternary nitrogens is 1. The molecule has 0 aliphatic heterocycles. The van der Waals surface area contributed by atoms with E-state index in [0.29, 0.717) is 6.42 Å². The maximum absolute atomic E-state index is 15.2. The molecule has 1 unspecified atom stereocenters. The van der Waals surface area contributed by atoms with Gasteiger partial charge in [-0.3, -0.25) is 0 Å². The van der Waals surface area contributed by atoms with Gasteiger partial charge in [0.25, 0.3) is 0 Å². The molecule has 0 fully saturated rings.